The van der Waals surface area contributed by atoms with Gasteiger partial charge in [-0.1, -0.05) is 12.1 Å². The van der Waals surface area contributed by atoms with Crippen molar-refractivity contribution in [3.05, 3.63) is 29.8 Å². The van der Waals surface area contributed by atoms with E-state index in [9.17, 15) is 0 Å². The normalized spacial score (nSPS) is 17.1. The molecule has 154 valence electrons. The molecule has 1 unspecified atom stereocenters. The molecule has 1 aromatic rings. The number of likely N-dealkylation sites (N-methyl/N-ethyl adjacent to an activating group) is 1. The molecule has 0 aliphatic carbocycles. The van der Waals surface area contributed by atoms with Gasteiger partial charge in [0.1, 0.15) is 5.75 Å². The van der Waals surface area contributed by atoms with E-state index in [2.05, 4.69) is 39.3 Å². The number of hydrogen-bond acceptors (Lipinski definition) is 4. The molecule has 6 nitrogen and oxygen atoms in total. The van der Waals surface area contributed by atoms with Crippen molar-refractivity contribution in [1.29, 1.82) is 0 Å². The molecule has 0 bridgehead atoms. The van der Waals surface area contributed by atoms with Gasteiger partial charge in [0, 0.05) is 46.3 Å². The Morgan fingerprint density at radius 2 is 2.00 bits per heavy atom. The third-order valence-electron chi connectivity index (χ3n) is 4.96. The van der Waals surface area contributed by atoms with Gasteiger partial charge in [0.25, 0.3) is 0 Å². The van der Waals surface area contributed by atoms with Crippen LogP contribution in [-0.4, -0.2) is 83.4 Å². The van der Waals surface area contributed by atoms with Gasteiger partial charge >= 0.3 is 0 Å². The van der Waals surface area contributed by atoms with E-state index in [1.807, 2.05) is 19.2 Å². The summed E-state index contributed by atoms with van der Waals surface area (Å²) in [5.74, 6) is 2.48. The zero-order chi connectivity index (χ0) is 18.8. The fourth-order valence-corrected chi connectivity index (χ4v) is 3.34. The molecule has 1 aromatic carbocycles. The second-order valence-corrected chi connectivity index (χ2v) is 6.83. The van der Waals surface area contributed by atoms with E-state index >= 15 is 0 Å². The van der Waals surface area contributed by atoms with Gasteiger partial charge < -0.3 is 24.6 Å². The molecule has 7 heteroatoms. The Morgan fingerprint density at radius 3 is 2.63 bits per heavy atom. The number of rotatable bonds is 9. The fourth-order valence-electron chi connectivity index (χ4n) is 3.34. The number of benzene rings is 1. The van der Waals surface area contributed by atoms with Crippen LogP contribution < -0.4 is 10.1 Å². The van der Waals surface area contributed by atoms with Crippen molar-refractivity contribution in [1.82, 2.24) is 15.1 Å². The number of likely N-dealkylation sites (tertiary alicyclic amines) is 1. The number of hydrogen-bond donors (Lipinski definition) is 1. The predicted octanol–water partition coefficient (Wildman–Crippen LogP) is 2.65. The Kier molecular flexibility index (Phi) is 11.7. The van der Waals surface area contributed by atoms with Crippen molar-refractivity contribution in [2.75, 3.05) is 67.6 Å². The number of nitrogens with zero attached hydrogens (tertiary/aromatic N) is 3. The molecular weight excluding hydrogens is 455 g/mol. The second kappa shape index (κ2) is 13.2. The topological polar surface area (TPSA) is 49.3 Å². The van der Waals surface area contributed by atoms with Crippen LogP contribution in [0.1, 0.15) is 24.3 Å². The standard InChI is InChI=1S/C20H34N4O2.HI/c1-21-20(22-11-5-12-23(2)14-15-25-3)24-13-10-18(16-24)17-6-8-19(26-4)9-7-17;/h6-9,18H,5,10-16H2,1-4H3,(H,21,22);1H. The quantitative estimate of drug-likeness (QED) is 0.250. The van der Waals surface area contributed by atoms with E-state index in [1.165, 1.54) is 5.56 Å². The molecular formula is C20H35IN4O2. The van der Waals surface area contributed by atoms with Crippen molar-refractivity contribution >= 4 is 29.9 Å². The molecule has 1 saturated heterocycles. The molecule has 0 amide bonds. The van der Waals surface area contributed by atoms with Crippen LogP contribution in [0.4, 0.5) is 0 Å². The summed E-state index contributed by atoms with van der Waals surface area (Å²) in [7, 11) is 7.45. The van der Waals surface area contributed by atoms with Crippen LogP contribution in [0.3, 0.4) is 0 Å². The molecule has 0 radical (unpaired) electrons. The molecule has 27 heavy (non-hydrogen) atoms. The maximum Gasteiger partial charge on any atom is 0.193 e. The molecule has 1 atom stereocenters. The molecule has 1 aliphatic heterocycles. The van der Waals surface area contributed by atoms with Crippen LogP contribution in [0.15, 0.2) is 29.3 Å². The summed E-state index contributed by atoms with van der Waals surface area (Å²) < 4.78 is 10.4. The minimum absolute atomic E-state index is 0. The number of nitrogens with one attached hydrogen (secondary N) is 1. The lowest BCUT2D eigenvalue weighted by molar-refractivity contribution is 0.161. The van der Waals surface area contributed by atoms with Gasteiger partial charge in [-0.3, -0.25) is 4.99 Å². The molecule has 1 heterocycles. The third kappa shape index (κ3) is 7.83. The lowest BCUT2D eigenvalue weighted by Gasteiger charge is -2.22. The van der Waals surface area contributed by atoms with Crippen molar-refractivity contribution in [2.24, 2.45) is 4.99 Å². The molecule has 2 rings (SSSR count). The lowest BCUT2D eigenvalue weighted by Crippen LogP contribution is -2.41. The van der Waals surface area contributed by atoms with E-state index in [-0.39, 0.29) is 24.0 Å². The number of aliphatic imine (C=N–C) groups is 1. The second-order valence-electron chi connectivity index (χ2n) is 6.83. The van der Waals surface area contributed by atoms with E-state index < -0.39 is 0 Å². The zero-order valence-electron chi connectivity index (χ0n) is 17.1. The fraction of sp³-hybridized carbons (Fsp3) is 0.650. The minimum atomic E-state index is 0. The summed E-state index contributed by atoms with van der Waals surface area (Å²) in [6.45, 7) is 5.81. The van der Waals surface area contributed by atoms with Crippen LogP contribution in [0, 0.1) is 0 Å². The van der Waals surface area contributed by atoms with Gasteiger partial charge in [-0.25, -0.2) is 0 Å². The molecule has 1 fully saturated rings. The first kappa shape index (κ1) is 24.0. The lowest BCUT2D eigenvalue weighted by atomic mass is 9.98. The molecule has 0 spiro atoms. The summed E-state index contributed by atoms with van der Waals surface area (Å²) >= 11 is 0. The van der Waals surface area contributed by atoms with Crippen LogP contribution in [-0.2, 0) is 4.74 Å². The number of methoxy groups -OCH3 is 2. The van der Waals surface area contributed by atoms with E-state index in [1.54, 1.807) is 14.2 Å². The highest BCUT2D eigenvalue weighted by molar-refractivity contribution is 14.0. The smallest absolute Gasteiger partial charge is 0.193 e. The SMILES string of the molecule is CN=C(NCCCN(C)CCOC)N1CCC(c2ccc(OC)cc2)C1.I. The summed E-state index contributed by atoms with van der Waals surface area (Å²) in [5.41, 5.74) is 1.38. The van der Waals surface area contributed by atoms with Crippen LogP contribution >= 0.6 is 24.0 Å². The van der Waals surface area contributed by atoms with Crippen molar-refractivity contribution in [2.45, 2.75) is 18.8 Å². The number of guanidine groups is 1. The monoisotopic (exact) mass is 490 g/mol. The highest BCUT2D eigenvalue weighted by atomic mass is 127. The third-order valence-corrected chi connectivity index (χ3v) is 4.96. The molecule has 0 aromatic heterocycles. The van der Waals surface area contributed by atoms with E-state index in [0.29, 0.717) is 5.92 Å². The molecule has 1 N–H and O–H groups in total. The predicted molar refractivity (Wildman–Crippen MR) is 123 cm³/mol. The first-order valence-corrected chi connectivity index (χ1v) is 9.45. The highest BCUT2D eigenvalue weighted by Crippen LogP contribution is 2.28. The maximum absolute atomic E-state index is 5.25. The Hall–Kier alpha value is -1.06. The van der Waals surface area contributed by atoms with Crippen molar-refractivity contribution < 1.29 is 9.47 Å². The first-order valence-electron chi connectivity index (χ1n) is 9.45. The largest absolute Gasteiger partial charge is 0.497 e. The number of ether oxygens (including phenoxy) is 2. The number of halogens is 1. The van der Waals surface area contributed by atoms with Gasteiger partial charge in [0.15, 0.2) is 5.96 Å². The van der Waals surface area contributed by atoms with Crippen LogP contribution in [0.2, 0.25) is 0 Å². The maximum atomic E-state index is 5.25. The molecule has 1 aliphatic rings. The van der Waals surface area contributed by atoms with Crippen LogP contribution in [0.25, 0.3) is 0 Å². The zero-order valence-corrected chi connectivity index (χ0v) is 19.4. The minimum Gasteiger partial charge on any atom is -0.497 e. The van der Waals surface area contributed by atoms with Crippen LogP contribution in [0.5, 0.6) is 5.75 Å². The molecule has 0 saturated carbocycles. The van der Waals surface area contributed by atoms with Gasteiger partial charge in [-0.2, -0.15) is 0 Å². The highest BCUT2D eigenvalue weighted by Gasteiger charge is 2.25. The Labute approximate surface area is 181 Å². The first-order chi connectivity index (χ1) is 12.7. The Morgan fingerprint density at radius 1 is 1.26 bits per heavy atom. The Bertz CT molecular complexity index is 553. The van der Waals surface area contributed by atoms with Crippen molar-refractivity contribution in [3.63, 3.8) is 0 Å². The summed E-state index contributed by atoms with van der Waals surface area (Å²) in [6, 6.07) is 8.45. The van der Waals surface area contributed by atoms with Gasteiger partial charge in [-0.05, 0) is 44.1 Å². The Balaban J connectivity index is 0.00000364. The van der Waals surface area contributed by atoms with Gasteiger partial charge in [0.05, 0.1) is 13.7 Å². The van der Waals surface area contributed by atoms with Crippen molar-refractivity contribution in [3.8, 4) is 5.75 Å². The van der Waals surface area contributed by atoms with E-state index in [0.717, 1.165) is 63.9 Å². The summed E-state index contributed by atoms with van der Waals surface area (Å²) in [6.07, 6.45) is 2.25. The van der Waals surface area contributed by atoms with Gasteiger partial charge in [0.2, 0.25) is 0 Å². The average Bonchev–Trinajstić information content (AvgIpc) is 3.16. The summed E-state index contributed by atoms with van der Waals surface area (Å²) in [5, 5.41) is 3.51. The average molecular weight is 490 g/mol. The summed E-state index contributed by atoms with van der Waals surface area (Å²) in [4.78, 5) is 9.13. The van der Waals surface area contributed by atoms with Gasteiger partial charge in [-0.15, -0.1) is 24.0 Å². The van der Waals surface area contributed by atoms with E-state index in [4.69, 9.17) is 9.47 Å².